The minimum atomic E-state index is -0.498. The van der Waals surface area contributed by atoms with E-state index in [-0.39, 0.29) is 13.2 Å². The third kappa shape index (κ3) is 2.76. The van der Waals surface area contributed by atoms with E-state index >= 15 is 0 Å². The third-order valence-electron chi connectivity index (χ3n) is 1.40. The van der Waals surface area contributed by atoms with Gasteiger partial charge in [0.15, 0.2) is 0 Å². The van der Waals surface area contributed by atoms with Gasteiger partial charge in [-0.3, -0.25) is 0 Å². The SMILES string of the molecule is C=CC(=O)OCc1ccc(CO)o1. The zero-order valence-corrected chi connectivity index (χ0v) is 7.03. The van der Waals surface area contributed by atoms with Gasteiger partial charge in [-0.25, -0.2) is 4.79 Å². The van der Waals surface area contributed by atoms with Gasteiger partial charge in [-0.1, -0.05) is 6.58 Å². The van der Waals surface area contributed by atoms with Crippen LogP contribution in [0.3, 0.4) is 0 Å². The van der Waals surface area contributed by atoms with Crippen LogP contribution in [0.15, 0.2) is 29.2 Å². The summed E-state index contributed by atoms with van der Waals surface area (Å²) in [6, 6.07) is 3.26. The van der Waals surface area contributed by atoms with Gasteiger partial charge in [0.25, 0.3) is 0 Å². The fraction of sp³-hybridized carbons (Fsp3) is 0.222. The number of carbonyl (C=O) groups excluding carboxylic acids is 1. The Morgan fingerprint density at radius 2 is 2.31 bits per heavy atom. The molecule has 13 heavy (non-hydrogen) atoms. The highest BCUT2D eigenvalue weighted by atomic mass is 16.5. The molecule has 0 atom stereocenters. The van der Waals surface area contributed by atoms with E-state index in [9.17, 15) is 4.79 Å². The van der Waals surface area contributed by atoms with E-state index in [2.05, 4.69) is 6.58 Å². The fourth-order valence-corrected chi connectivity index (χ4v) is 0.786. The molecule has 0 bridgehead atoms. The van der Waals surface area contributed by atoms with Crippen LogP contribution < -0.4 is 0 Å². The number of hydrogen-bond acceptors (Lipinski definition) is 4. The van der Waals surface area contributed by atoms with E-state index in [1.54, 1.807) is 12.1 Å². The minimum Gasteiger partial charge on any atom is -0.460 e. The molecule has 0 unspecified atom stereocenters. The van der Waals surface area contributed by atoms with Gasteiger partial charge >= 0.3 is 5.97 Å². The summed E-state index contributed by atoms with van der Waals surface area (Å²) in [5.41, 5.74) is 0. The summed E-state index contributed by atoms with van der Waals surface area (Å²) >= 11 is 0. The van der Waals surface area contributed by atoms with Crippen molar-refractivity contribution in [1.29, 1.82) is 0 Å². The van der Waals surface area contributed by atoms with Crippen LogP contribution in [0.5, 0.6) is 0 Å². The lowest BCUT2D eigenvalue weighted by Gasteiger charge is -1.97. The van der Waals surface area contributed by atoms with Crippen molar-refractivity contribution in [1.82, 2.24) is 0 Å². The van der Waals surface area contributed by atoms with E-state index in [1.807, 2.05) is 0 Å². The van der Waals surface area contributed by atoms with Crippen LogP contribution in [0.2, 0.25) is 0 Å². The molecule has 1 N–H and O–H groups in total. The summed E-state index contributed by atoms with van der Waals surface area (Å²) in [5.74, 6) is 0.450. The summed E-state index contributed by atoms with van der Waals surface area (Å²) < 4.78 is 9.77. The predicted molar refractivity (Wildman–Crippen MR) is 44.6 cm³/mol. The van der Waals surface area contributed by atoms with E-state index in [0.717, 1.165) is 6.08 Å². The molecule has 0 amide bonds. The Bertz CT molecular complexity index is 300. The summed E-state index contributed by atoms with van der Waals surface area (Å²) in [5, 5.41) is 8.66. The van der Waals surface area contributed by atoms with Crippen molar-refractivity contribution in [3.05, 3.63) is 36.3 Å². The molecule has 0 radical (unpaired) electrons. The molecule has 0 spiro atoms. The van der Waals surface area contributed by atoms with Crippen LogP contribution in [0.25, 0.3) is 0 Å². The number of aliphatic hydroxyl groups excluding tert-OH is 1. The van der Waals surface area contributed by atoms with Crippen LogP contribution in [0, 0.1) is 0 Å². The molecule has 1 rings (SSSR count). The van der Waals surface area contributed by atoms with Crippen molar-refractivity contribution >= 4 is 5.97 Å². The standard InChI is InChI=1S/C9H10O4/c1-2-9(11)12-6-8-4-3-7(5-10)13-8/h2-4,10H,1,5-6H2. The first kappa shape index (κ1) is 9.54. The predicted octanol–water partition coefficient (Wildman–Crippen LogP) is 1.00. The Morgan fingerprint density at radius 1 is 1.62 bits per heavy atom. The van der Waals surface area contributed by atoms with Crippen LogP contribution in [0.1, 0.15) is 11.5 Å². The molecule has 0 saturated carbocycles. The molecular weight excluding hydrogens is 172 g/mol. The number of esters is 1. The van der Waals surface area contributed by atoms with Crippen molar-refractivity contribution in [3.8, 4) is 0 Å². The number of ether oxygens (including phenoxy) is 1. The van der Waals surface area contributed by atoms with Gasteiger partial charge in [0.05, 0.1) is 0 Å². The van der Waals surface area contributed by atoms with Crippen LogP contribution in [0.4, 0.5) is 0 Å². The van der Waals surface area contributed by atoms with Gasteiger partial charge < -0.3 is 14.3 Å². The average molecular weight is 182 g/mol. The monoisotopic (exact) mass is 182 g/mol. The quantitative estimate of drug-likeness (QED) is 0.557. The van der Waals surface area contributed by atoms with Crippen LogP contribution in [-0.4, -0.2) is 11.1 Å². The first-order valence-electron chi connectivity index (χ1n) is 3.74. The number of hydrogen-bond donors (Lipinski definition) is 1. The van der Waals surface area contributed by atoms with Gasteiger partial charge in [0.2, 0.25) is 0 Å². The Balaban J connectivity index is 2.45. The minimum absolute atomic E-state index is 0.0604. The highest BCUT2D eigenvalue weighted by Crippen LogP contribution is 2.08. The largest absolute Gasteiger partial charge is 0.460 e. The van der Waals surface area contributed by atoms with E-state index in [4.69, 9.17) is 14.3 Å². The average Bonchev–Trinajstić information content (AvgIpc) is 2.61. The molecule has 1 heterocycles. The van der Waals surface area contributed by atoms with Gasteiger partial charge in [-0.15, -0.1) is 0 Å². The van der Waals surface area contributed by atoms with E-state index in [1.165, 1.54) is 0 Å². The van der Waals surface area contributed by atoms with Gasteiger partial charge in [-0.05, 0) is 12.1 Å². The maximum Gasteiger partial charge on any atom is 0.330 e. The normalized spacial score (nSPS) is 9.62. The number of carbonyl (C=O) groups is 1. The van der Waals surface area contributed by atoms with Crippen LogP contribution >= 0.6 is 0 Å². The van der Waals surface area contributed by atoms with Crippen molar-refractivity contribution in [3.63, 3.8) is 0 Å². The smallest absolute Gasteiger partial charge is 0.330 e. The second-order valence-electron chi connectivity index (χ2n) is 2.34. The molecule has 4 heteroatoms. The molecular formula is C9H10O4. The maximum absolute atomic E-state index is 10.6. The lowest BCUT2D eigenvalue weighted by molar-refractivity contribution is -0.139. The Hall–Kier alpha value is -1.55. The van der Waals surface area contributed by atoms with Crippen molar-refractivity contribution in [2.45, 2.75) is 13.2 Å². The first-order valence-corrected chi connectivity index (χ1v) is 3.74. The van der Waals surface area contributed by atoms with Crippen LogP contribution in [-0.2, 0) is 22.7 Å². The van der Waals surface area contributed by atoms with Gasteiger partial charge in [-0.2, -0.15) is 0 Å². The van der Waals surface area contributed by atoms with E-state index < -0.39 is 5.97 Å². The van der Waals surface area contributed by atoms with Crippen molar-refractivity contribution < 1.29 is 19.1 Å². The zero-order valence-electron chi connectivity index (χ0n) is 7.03. The lowest BCUT2D eigenvalue weighted by Crippen LogP contribution is -1.98. The lowest BCUT2D eigenvalue weighted by atomic mass is 10.4. The molecule has 0 aliphatic carbocycles. The Kier molecular flexibility index (Phi) is 3.28. The number of furan rings is 1. The number of rotatable bonds is 4. The summed E-state index contributed by atoms with van der Waals surface area (Å²) in [6.45, 7) is 3.15. The highest BCUT2D eigenvalue weighted by molar-refractivity contribution is 5.81. The molecule has 0 saturated heterocycles. The highest BCUT2D eigenvalue weighted by Gasteiger charge is 2.02. The number of aliphatic hydroxyl groups is 1. The fourth-order valence-electron chi connectivity index (χ4n) is 0.786. The van der Waals surface area contributed by atoms with Gasteiger partial charge in [0.1, 0.15) is 24.7 Å². The molecule has 1 aromatic heterocycles. The molecule has 0 fully saturated rings. The van der Waals surface area contributed by atoms with Gasteiger partial charge in [0, 0.05) is 6.08 Å². The van der Waals surface area contributed by atoms with Crippen molar-refractivity contribution in [2.75, 3.05) is 0 Å². The Labute approximate surface area is 75.4 Å². The molecule has 70 valence electrons. The molecule has 0 aliphatic rings. The zero-order chi connectivity index (χ0) is 9.68. The molecule has 1 aromatic rings. The summed E-state index contributed by atoms with van der Waals surface area (Å²) in [7, 11) is 0. The summed E-state index contributed by atoms with van der Waals surface area (Å²) in [6.07, 6.45) is 1.08. The third-order valence-corrected chi connectivity index (χ3v) is 1.40. The summed E-state index contributed by atoms with van der Waals surface area (Å²) in [4.78, 5) is 10.6. The maximum atomic E-state index is 10.6. The second kappa shape index (κ2) is 4.47. The Morgan fingerprint density at radius 3 is 2.85 bits per heavy atom. The first-order chi connectivity index (χ1) is 6.26. The molecule has 4 nitrogen and oxygen atoms in total. The topological polar surface area (TPSA) is 59.7 Å². The van der Waals surface area contributed by atoms with Crippen molar-refractivity contribution in [2.24, 2.45) is 0 Å². The van der Waals surface area contributed by atoms with E-state index in [0.29, 0.717) is 11.5 Å². The molecule has 0 aliphatic heterocycles. The second-order valence-corrected chi connectivity index (χ2v) is 2.34. The molecule has 0 aromatic carbocycles.